The van der Waals surface area contributed by atoms with Gasteiger partial charge in [-0.1, -0.05) is 63.3 Å². The summed E-state index contributed by atoms with van der Waals surface area (Å²) in [5, 5.41) is 0. The van der Waals surface area contributed by atoms with Crippen molar-refractivity contribution in [3.05, 3.63) is 24.3 Å². The van der Waals surface area contributed by atoms with E-state index < -0.39 is 0 Å². The molecule has 2 aliphatic carbocycles. The first-order valence-electron chi connectivity index (χ1n) is 10.6. The molecule has 0 aliphatic heterocycles. The van der Waals surface area contributed by atoms with Crippen molar-refractivity contribution in [3.8, 4) is 0 Å². The summed E-state index contributed by atoms with van der Waals surface area (Å²) in [6.45, 7) is 4.50. The Bertz CT molecular complexity index is 335. The lowest BCUT2D eigenvalue weighted by molar-refractivity contribution is 0.255. The maximum Gasteiger partial charge on any atom is -0.0233 e. The van der Waals surface area contributed by atoms with Gasteiger partial charge in [-0.25, -0.2) is 0 Å². The van der Waals surface area contributed by atoms with E-state index in [2.05, 4.69) is 38.2 Å². The number of rotatable bonds is 8. The maximum atomic E-state index is 2.56. The van der Waals surface area contributed by atoms with Crippen LogP contribution in [0.4, 0.5) is 0 Å². The molecule has 0 atom stereocenters. The summed E-state index contributed by atoms with van der Waals surface area (Å²) >= 11 is 0. The molecule has 0 aromatic heterocycles. The summed E-state index contributed by atoms with van der Waals surface area (Å²) in [5.41, 5.74) is 0. The zero-order valence-electron chi connectivity index (χ0n) is 15.8. The average Bonchev–Trinajstić information content (AvgIpc) is 2.61. The predicted molar refractivity (Wildman–Crippen MR) is 104 cm³/mol. The molecule has 0 unspecified atom stereocenters. The van der Waals surface area contributed by atoms with Crippen LogP contribution in [-0.2, 0) is 0 Å². The van der Waals surface area contributed by atoms with E-state index in [1.807, 2.05) is 0 Å². The van der Waals surface area contributed by atoms with Crippen molar-refractivity contribution in [2.45, 2.75) is 97.3 Å². The highest BCUT2D eigenvalue weighted by Gasteiger charge is 2.20. The predicted octanol–water partition coefficient (Wildman–Crippen LogP) is 7.70. The molecule has 0 saturated heterocycles. The summed E-state index contributed by atoms with van der Waals surface area (Å²) < 4.78 is 0. The summed E-state index contributed by atoms with van der Waals surface area (Å²) in [6, 6.07) is 0. The zero-order valence-corrected chi connectivity index (χ0v) is 15.8. The van der Waals surface area contributed by atoms with Gasteiger partial charge in [-0.3, -0.25) is 0 Å². The molecule has 0 bridgehead atoms. The molecule has 0 aromatic carbocycles. The van der Waals surface area contributed by atoms with Gasteiger partial charge in [-0.2, -0.15) is 0 Å². The van der Waals surface area contributed by atoms with Crippen molar-refractivity contribution in [3.63, 3.8) is 0 Å². The Morgan fingerprint density at radius 1 is 0.696 bits per heavy atom. The Morgan fingerprint density at radius 3 is 1.74 bits per heavy atom. The smallest absolute Gasteiger partial charge is 0.0233 e. The highest BCUT2D eigenvalue weighted by Crippen LogP contribution is 2.34. The molecule has 2 fully saturated rings. The van der Waals surface area contributed by atoms with Gasteiger partial charge in [-0.15, -0.1) is 0 Å². The molecule has 0 heterocycles. The van der Waals surface area contributed by atoms with Crippen LogP contribution in [0.5, 0.6) is 0 Å². The highest BCUT2D eigenvalue weighted by atomic mass is 14.3. The first-order chi connectivity index (χ1) is 11.3. The van der Waals surface area contributed by atoms with E-state index in [0.29, 0.717) is 0 Å². The van der Waals surface area contributed by atoms with E-state index in [4.69, 9.17) is 0 Å². The van der Waals surface area contributed by atoms with Crippen LogP contribution in [0.25, 0.3) is 0 Å². The fraction of sp³-hybridized carbons (Fsp3) is 0.826. The van der Waals surface area contributed by atoms with Crippen molar-refractivity contribution < 1.29 is 0 Å². The van der Waals surface area contributed by atoms with Gasteiger partial charge in [0.1, 0.15) is 0 Å². The monoisotopic (exact) mass is 316 g/mol. The van der Waals surface area contributed by atoms with Gasteiger partial charge in [0.2, 0.25) is 0 Å². The van der Waals surface area contributed by atoms with Gasteiger partial charge in [-0.05, 0) is 82.0 Å². The second-order valence-corrected chi connectivity index (χ2v) is 8.23. The average molecular weight is 317 g/mol. The van der Waals surface area contributed by atoms with E-state index in [0.717, 1.165) is 23.7 Å². The Morgan fingerprint density at radius 2 is 1.22 bits per heavy atom. The minimum atomic E-state index is 0.903. The van der Waals surface area contributed by atoms with E-state index >= 15 is 0 Å². The lowest BCUT2D eigenvalue weighted by Crippen LogP contribution is -2.14. The van der Waals surface area contributed by atoms with Crippen LogP contribution >= 0.6 is 0 Å². The van der Waals surface area contributed by atoms with Gasteiger partial charge in [0.25, 0.3) is 0 Å². The Labute approximate surface area is 145 Å². The van der Waals surface area contributed by atoms with Crippen LogP contribution in [0.15, 0.2) is 24.3 Å². The van der Waals surface area contributed by atoms with E-state index in [1.54, 1.807) is 0 Å². The fourth-order valence-electron chi connectivity index (χ4n) is 4.72. The third-order valence-corrected chi connectivity index (χ3v) is 6.56. The standard InChI is InChI=1S/C23H40/c1-3-5-6-9-21-16-18-23(19-17-21)11-8-7-10-22-14-12-20(4-2)13-15-22/h3,5,7,10,20-23H,4,6,8-9,11-19H2,1-2H3/b5-3+,10-7+/t20-,21-,22-,23-. The molecule has 0 amide bonds. The van der Waals surface area contributed by atoms with Crippen LogP contribution in [-0.4, -0.2) is 0 Å². The molecule has 23 heavy (non-hydrogen) atoms. The SMILES string of the molecule is C/C=C/CC[C@H]1CC[C@H](CC/C=C/[C@H]2CC[C@H](CC)CC2)CC1. The minimum Gasteiger partial charge on any atom is -0.0917 e. The van der Waals surface area contributed by atoms with E-state index in [-0.39, 0.29) is 0 Å². The Hall–Kier alpha value is -0.520. The molecule has 0 spiro atoms. The number of hydrogen-bond donors (Lipinski definition) is 0. The van der Waals surface area contributed by atoms with Crippen molar-refractivity contribution in [1.82, 2.24) is 0 Å². The molecule has 0 radical (unpaired) electrons. The summed E-state index contributed by atoms with van der Waals surface area (Å²) in [7, 11) is 0. The van der Waals surface area contributed by atoms with E-state index in [1.165, 1.54) is 83.5 Å². The molecule has 2 saturated carbocycles. The molecule has 2 rings (SSSR count). The number of hydrogen-bond acceptors (Lipinski definition) is 0. The van der Waals surface area contributed by atoms with Crippen LogP contribution in [0.1, 0.15) is 97.3 Å². The summed E-state index contributed by atoms with van der Waals surface area (Å²) in [4.78, 5) is 0. The fourth-order valence-corrected chi connectivity index (χ4v) is 4.72. The maximum absolute atomic E-state index is 2.56. The van der Waals surface area contributed by atoms with Crippen molar-refractivity contribution in [2.75, 3.05) is 0 Å². The molecular weight excluding hydrogens is 276 g/mol. The Kier molecular flexibility index (Phi) is 9.09. The first kappa shape index (κ1) is 18.8. The van der Waals surface area contributed by atoms with Crippen molar-refractivity contribution >= 4 is 0 Å². The zero-order chi connectivity index (χ0) is 16.3. The molecule has 0 N–H and O–H groups in total. The van der Waals surface area contributed by atoms with E-state index in [9.17, 15) is 0 Å². The van der Waals surface area contributed by atoms with Crippen molar-refractivity contribution in [1.29, 1.82) is 0 Å². The number of allylic oxidation sites excluding steroid dienone is 4. The van der Waals surface area contributed by atoms with Crippen LogP contribution in [0.2, 0.25) is 0 Å². The highest BCUT2D eigenvalue weighted by molar-refractivity contribution is 4.91. The van der Waals surface area contributed by atoms with Gasteiger partial charge in [0, 0.05) is 0 Å². The van der Waals surface area contributed by atoms with Gasteiger partial charge in [0.15, 0.2) is 0 Å². The van der Waals surface area contributed by atoms with Gasteiger partial charge in [0.05, 0.1) is 0 Å². The minimum absolute atomic E-state index is 0.903. The third-order valence-electron chi connectivity index (χ3n) is 6.56. The quantitative estimate of drug-likeness (QED) is 0.402. The normalized spacial score (nSPS) is 32.8. The topological polar surface area (TPSA) is 0 Å². The van der Waals surface area contributed by atoms with Crippen molar-refractivity contribution in [2.24, 2.45) is 23.7 Å². The molecule has 0 nitrogen and oxygen atoms in total. The molecule has 2 aliphatic rings. The second kappa shape index (κ2) is 11.1. The lowest BCUT2D eigenvalue weighted by atomic mass is 9.78. The van der Waals surface area contributed by atoms with Crippen LogP contribution < -0.4 is 0 Å². The summed E-state index contributed by atoms with van der Waals surface area (Å²) in [5.74, 6) is 3.97. The second-order valence-electron chi connectivity index (χ2n) is 8.23. The summed E-state index contributed by atoms with van der Waals surface area (Å²) in [6.07, 6.45) is 28.4. The van der Waals surface area contributed by atoms with Gasteiger partial charge >= 0.3 is 0 Å². The first-order valence-corrected chi connectivity index (χ1v) is 10.6. The largest absolute Gasteiger partial charge is 0.0917 e. The molecule has 0 aromatic rings. The molecule has 0 heteroatoms. The molecule has 132 valence electrons. The Balaban J connectivity index is 1.53. The third kappa shape index (κ3) is 7.27. The van der Waals surface area contributed by atoms with Crippen LogP contribution in [0, 0.1) is 23.7 Å². The lowest BCUT2D eigenvalue weighted by Gasteiger charge is -2.28. The van der Waals surface area contributed by atoms with Gasteiger partial charge < -0.3 is 0 Å². The molecular formula is C23H40. The van der Waals surface area contributed by atoms with Crippen LogP contribution in [0.3, 0.4) is 0 Å².